The molecule has 2 aromatic heterocycles. The van der Waals surface area contributed by atoms with Gasteiger partial charge in [-0.3, -0.25) is 0 Å². The van der Waals surface area contributed by atoms with Crippen molar-refractivity contribution in [1.29, 1.82) is 0 Å². The van der Waals surface area contributed by atoms with E-state index in [0.717, 1.165) is 40.6 Å². The summed E-state index contributed by atoms with van der Waals surface area (Å²) in [6, 6.07) is 7.88. The second kappa shape index (κ2) is 9.04. The lowest BCUT2D eigenvalue weighted by Gasteiger charge is -2.35. The summed E-state index contributed by atoms with van der Waals surface area (Å²) >= 11 is 0. The van der Waals surface area contributed by atoms with Crippen molar-refractivity contribution in [3.8, 4) is 0 Å². The van der Waals surface area contributed by atoms with Crippen LogP contribution in [0.4, 0.5) is 11.5 Å². The second-order valence-corrected chi connectivity index (χ2v) is 15.6. The van der Waals surface area contributed by atoms with Crippen LogP contribution in [0.25, 0.3) is 17.0 Å². The summed E-state index contributed by atoms with van der Waals surface area (Å²) in [6.07, 6.45) is 10.2. The van der Waals surface area contributed by atoms with E-state index in [2.05, 4.69) is 67.0 Å². The van der Waals surface area contributed by atoms with E-state index in [9.17, 15) is 9.90 Å². The molecule has 2 heterocycles. The zero-order chi connectivity index (χ0) is 24.7. The SMILES string of the molecule is Cn1ccc2cc(Nc3ncc(C4CC4)cc3C(=O)O)cc(C=CCO[Si](C)(C)C(C)(C)C)c21. The molecule has 1 aliphatic carbocycles. The van der Waals surface area contributed by atoms with Gasteiger partial charge in [-0.05, 0) is 66.7 Å². The molecule has 4 rings (SSSR count). The van der Waals surface area contributed by atoms with E-state index in [1.807, 2.05) is 25.4 Å². The molecule has 180 valence electrons. The maximum absolute atomic E-state index is 11.9. The standard InChI is InChI=1S/C27H35N3O3Si/c1-27(2,3)34(5,6)33-13-7-8-19-14-22(15-20-11-12-30(4)24(19)20)29-25-23(26(31)32)16-21(17-28-25)18-9-10-18/h7-8,11-12,14-18H,9-10,13H2,1-6H3,(H,28,29)(H,31,32). The van der Waals surface area contributed by atoms with Gasteiger partial charge in [-0.1, -0.05) is 32.9 Å². The Morgan fingerprint density at radius 1 is 1.29 bits per heavy atom. The number of nitrogens with one attached hydrogen (secondary N) is 1. The third kappa shape index (κ3) is 5.10. The van der Waals surface area contributed by atoms with E-state index in [0.29, 0.717) is 18.3 Å². The molecule has 1 saturated carbocycles. The minimum absolute atomic E-state index is 0.167. The van der Waals surface area contributed by atoms with Crippen molar-refractivity contribution in [2.75, 3.05) is 11.9 Å². The number of nitrogens with zero attached hydrogens (tertiary/aromatic N) is 2. The fraction of sp³-hybridized carbons (Fsp3) is 0.407. The number of aromatic nitrogens is 2. The Morgan fingerprint density at radius 3 is 2.68 bits per heavy atom. The molecule has 34 heavy (non-hydrogen) atoms. The van der Waals surface area contributed by atoms with Crippen LogP contribution in [-0.2, 0) is 11.5 Å². The number of carboxylic acid groups (broad SMARTS) is 1. The van der Waals surface area contributed by atoms with Gasteiger partial charge in [0, 0.05) is 36.1 Å². The number of aromatic carboxylic acids is 1. The molecule has 0 amide bonds. The van der Waals surface area contributed by atoms with E-state index in [1.165, 1.54) is 0 Å². The van der Waals surface area contributed by atoms with Gasteiger partial charge in [0.05, 0.1) is 12.1 Å². The second-order valence-electron chi connectivity index (χ2n) is 10.8. The van der Waals surface area contributed by atoms with E-state index < -0.39 is 14.3 Å². The third-order valence-electron chi connectivity index (χ3n) is 7.09. The molecule has 6 nitrogen and oxygen atoms in total. The molecule has 0 radical (unpaired) electrons. The fourth-order valence-corrected chi connectivity index (χ4v) is 4.79. The molecule has 1 aromatic carbocycles. The normalized spacial score (nSPS) is 14.8. The highest BCUT2D eigenvalue weighted by molar-refractivity contribution is 6.74. The number of carboxylic acids is 1. The van der Waals surface area contributed by atoms with Gasteiger partial charge in [0.25, 0.3) is 0 Å². The van der Waals surface area contributed by atoms with Crippen LogP contribution in [0.15, 0.2) is 42.7 Å². The van der Waals surface area contributed by atoms with E-state index in [1.54, 1.807) is 12.3 Å². The van der Waals surface area contributed by atoms with Gasteiger partial charge in [0.2, 0.25) is 0 Å². The first-order chi connectivity index (χ1) is 16.0. The first kappa shape index (κ1) is 24.2. The summed E-state index contributed by atoms with van der Waals surface area (Å²) < 4.78 is 8.39. The number of benzene rings is 1. The number of hydrogen-bond donors (Lipinski definition) is 2. The van der Waals surface area contributed by atoms with Crippen molar-refractivity contribution in [3.05, 3.63) is 59.4 Å². The van der Waals surface area contributed by atoms with Gasteiger partial charge in [-0.2, -0.15) is 0 Å². The zero-order valence-corrected chi connectivity index (χ0v) is 22.0. The molecular weight excluding hydrogens is 442 g/mol. The van der Waals surface area contributed by atoms with Crippen LogP contribution in [0.2, 0.25) is 18.1 Å². The highest BCUT2D eigenvalue weighted by Gasteiger charge is 2.36. The lowest BCUT2D eigenvalue weighted by atomic mass is 10.1. The lowest BCUT2D eigenvalue weighted by molar-refractivity contribution is 0.0697. The lowest BCUT2D eigenvalue weighted by Crippen LogP contribution is -2.40. The quantitative estimate of drug-likeness (QED) is 0.344. The van der Waals surface area contributed by atoms with Crippen molar-refractivity contribution in [2.24, 2.45) is 7.05 Å². The largest absolute Gasteiger partial charge is 0.478 e. The number of aryl methyl sites for hydroxylation is 1. The summed E-state index contributed by atoms with van der Waals surface area (Å²) in [5, 5.41) is 14.3. The highest BCUT2D eigenvalue weighted by Crippen LogP contribution is 2.41. The molecule has 1 fully saturated rings. The van der Waals surface area contributed by atoms with Crippen LogP contribution in [0.1, 0.15) is 61.0 Å². The van der Waals surface area contributed by atoms with Crippen molar-refractivity contribution >= 4 is 42.8 Å². The topological polar surface area (TPSA) is 76.4 Å². The molecule has 0 spiro atoms. The van der Waals surface area contributed by atoms with Crippen molar-refractivity contribution in [2.45, 2.75) is 57.7 Å². The van der Waals surface area contributed by atoms with Crippen LogP contribution >= 0.6 is 0 Å². The van der Waals surface area contributed by atoms with Crippen LogP contribution in [-0.4, -0.2) is 35.6 Å². The Hall–Kier alpha value is -2.90. The Kier molecular flexibility index (Phi) is 6.44. The monoisotopic (exact) mass is 477 g/mol. The maximum atomic E-state index is 11.9. The zero-order valence-electron chi connectivity index (χ0n) is 21.0. The number of carbonyl (C=O) groups is 1. The number of pyridine rings is 1. The van der Waals surface area contributed by atoms with Crippen LogP contribution in [0.3, 0.4) is 0 Å². The molecule has 0 saturated heterocycles. The van der Waals surface area contributed by atoms with E-state index >= 15 is 0 Å². The average molecular weight is 478 g/mol. The molecule has 0 bridgehead atoms. The molecular formula is C27H35N3O3Si. The maximum Gasteiger partial charge on any atom is 0.339 e. The third-order valence-corrected chi connectivity index (χ3v) is 11.6. The summed E-state index contributed by atoms with van der Waals surface area (Å²) in [5.74, 6) is -0.157. The molecule has 0 atom stereocenters. The first-order valence-corrected chi connectivity index (χ1v) is 14.8. The first-order valence-electron chi connectivity index (χ1n) is 11.9. The molecule has 3 aromatic rings. The molecule has 7 heteroatoms. The summed E-state index contributed by atoms with van der Waals surface area (Å²) in [5.41, 5.74) is 4.17. The van der Waals surface area contributed by atoms with Gasteiger partial charge in [0.1, 0.15) is 11.4 Å². The van der Waals surface area contributed by atoms with E-state index in [4.69, 9.17) is 4.43 Å². The van der Waals surface area contributed by atoms with Crippen LogP contribution < -0.4 is 5.32 Å². The molecule has 2 N–H and O–H groups in total. The van der Waals surface area contributed by atoms with Gasteiger partial charge < -0.3 is 19.4 Å². The number of fused-ring (bicyclic) bond motifs is 1. The van der Waals surface area contributed by atoms with Crippen molar-refractivity contribution in [1.82, 2.24) is 9.55 Å². The number of anilines is 2. The average Bonchev–Trinajstić information content (AvgIpc) is 3.53. The Bertz CT molecular complexity index is 1250. The summed E-state index contributed by atoms with van der Waals surface area (Å²) in [4.78, 5) is 16.4. The van der Waals surface area contributed by atoms with Gasteiger partial charge in [0.15, 0.2) is 8.32 Å². The predicted molar refractivity (Wildman–Crippen MR) is 142 cm³/mol. The minimum Gasteiger partial charge on any atom is -0.478 e. The smallest absolute Gasteiger partial charge is 0.339 e. The molecule has 0 unspecified atom stereocenters. The van der Waals surface area contributed by atoms with Crippen LogP contribution in [0.5, 0.6) is 0 Å². The Labute approximate surface area is 202 Å². The molecule has 0 aliphatic heterocycles. The Balaban J connectivity index is 1.61. The summed E-state index contributed by atoms with van der Waals surface area (Å²) in [7, 11) is 0.213. The van der Waals surface area contributed by atoms with Crippen molar-refractivity contribution in [3.63, 3.8) is 0 Å². The highest BCUT2D eigenvalue weighted by atomic mass is 28.4. The number of hydrogen-bond acceptors (Lipinski definition) is 4. The predicted octanol–water partition coefficient (Wildman–Crippen LogP) is 6.93. The number of rotatable bonds is 8. The van der Waals surface area contributed by atoms with Crippen LogP contribution in [0, 0.1) is 0 Å². The minimum atomic E-state index is -1.81. The summed E-state index contributed by atoms with van der Waals surface area (Å²) in [6.45, 7) is 11.8. The van der Waals surface area contributed by atoms with Gasteiger partial charge in [-0.15, -0.1) is 0 Å². The van der Waals surface area contributed by atoms with Crippen molar-refractivity contribution < 1.29 is 14.3 Å². The molecule has 1 aliphatic rings. The van der Waals surface area contributed by atoms with Gasteiger partial charge in [-0.25, -0.2) is 9.78 Å². The van der Waals surface area contributed by atoms with Gasteiger partial charge >= 0.3 is 5.97 Å². The fourth-order valence-electron chi connectivity index (χ4n) is 3.85. The Morgan fingerprint density at radius 2 is 2.03 bits per heavy atom. The van der Waals surface area contributed by atoms with E-state index in [-0.39, 0.29) is 10.6 Å².